The van der Waals surface area contributed by atoms with Gasteiger partial charge in [0, 0.05) is 18.2 Å². The monoisotopic (exact) mass is 486 g/mol. The van der Waals surface area contributed by atoms with Crippen molar-refractivity contribution in [1.82, 2.24) is 14.8 Å². The van der Waals surface area contributed by atoms with E-state index in [4.69, 9.17) is 0 Å². The Morgan fingerprint density at radius 1 is 1.18 bits per heavy atom. The van der Waals surface area contributed by atoms with Gasteiger partial charge in [0.2, 0.25) is 10.0 Å². The highest BCUT2D eigenvalue weighted by molar-refractivity contribution is 7.99. The first-order valence-electron chi connectivity index (χ1n) is 10.8. The van der Waals surface area contributed by atoms with Crippen LogP contribution >= 0.6 is 11.8 Å². The zero-order valence-corrected chi connectivity index (χ0v) is 19.7. The summed E-state index contributed by atoms with van der Waals surface area (Å²) in [4.78, 5) is 12.9. The number of carbonyl (C=O) groups is 1. The molecule has 0 bridgehead atoms. The Balaban J connectivity index is 1.36. The van der Waals surface area contributed by atoms with Gasteiger partial charge in [0.15, 0.2) is 16.8 Å². The predicted molar refractivity (Wildman–Crippen MR) is 126 cm³/mol. The molecule has 10 heteroatoms. The number of rotatable bonds is 7. The lowest BCUT2D eigenvalue weighted by molar-refractivity contribution is 0.102. The zero-order valence-electron chi connectivity index (χ0n) is 18.1. The van der Waals surface area contributed by atoms with Crippen LogP contribution in [0.3, 0.4) is 0 Å². The van der Waals surface area contributed by atoms with Crippen molar-refractivity contribution in [3.05, 3.63) is 59.4 Å². The average Bonchev–Trinajstić information content (AvgIpc) is 3.55. The summed E-state index contributed by atoms with van der Waals surface area (Å²) in [6.07, 6.45) is 4.60. The first-order valence-corrected chi connectivity index (χ1v) is 13.6. The lowest BCUT2D eigenvalue weighted by atomic mass is 9.99. The predicted octanol–water partition coefficient (Wildman–Crippen LogP) is 4.11. The summed E-state index contributed by atoms with van der Waals surface area (Å²) in [5, 5.41) is 9.08. The van der Waals surface area contributed by atoms with Crippen molar-refractivity contribution in [2.45, 2.75) is 36.9 Å². The molecule has 172 valence electrons. The summed E-state index contributed by atoms with van der Waals surface area (Å²) in [6, 6.07) is 11.9. The van der Waals surface area contributed by atoms with Crippen LogP contribution in [-0.4, -0.2) is 47.5 Å². The summed E-state index contributed by atoms with van der Waals surface area (Å²) < 4.78 is 41.8. The lowest BCUT2D eigenvalue weighted by Crippen LogP contribution is -2.34. The number of Topliss-reactive ketones (excluding diaryl/α,β-unsaturated/α-hetero) is 1. The second-order valence-electron chi connectivity index (χ2n) is 8.38. The van der Waals surface area contributed by atoms with Gasteiger partial charge in [-0.15, -0.1) is 10.2 Å². The summed E-state index contributed by atoms with van der Waals surface area (Å²) >= 11 is 1.29. The first-order chi connectivity index (χ1) is 15.8. The zero-order chi connectivity index (χ0) is 23.2. The van der Waals surface area contributed by atoms with Gasteiger partial charge in [-0.3, -0.25) is 13.7 Å². The van der Waals surface area contributed by atoms with Crippen molar-refractivity contribution in [3.8, 4) is 11.4 Å². The third kappa shape index (κ3) is 4.41. The fraction of sp³-hybridized carbons (Fsp3) is 0.348. The Morgan fingerprint density at radius 3 is 2.70 bits per heavy atom. The molecule has 2 aliphatic rings. The van der Waals surface area contributed by atoms with Gasteiger partial charge in [0.05, 0.1) is 23.3 Å². The molecule has 1 aromatic heterocycles. The van der Waals surface area contributed by atoms with Crippen LogP contribution in [0.1, 0.15) is 41.2 Å². The van der Waals surface area contributed by atoms with E-state index in [0.717, 1.165) is 31.2 Å². The maximum Gasteiger partial charge on any atom is 0.232 e. The largest absolute Gasteiger partial charge is 0.299 e. The topological polar surface area (TPSA) is 85.2 Å². The summed E-state index contributed by atoms with van der Waals surface area (Å²) in [5.41, 5.74) is 2.46. The van der Waals surface area contributed by atoms with Gasteiger partial charge < -0.3 is 0 Å². The number of sulfonamides is 1. The Bertz CT molecular complexity index is 1340. The highest BCUT2D eigenvalue weighted by atomic mass is 32.2. The van der Waals surface area contributed by atoms with Gasteiger partial charge in [-0.1, -0.05) is 23.9 Å². The highest BCUT2D eigenvalue weighted by Crippen LogP contribution is 2.41. The maximum atomic E-state index is 14.3. The van der Waals surface area contributed by atoms with E-state index in [1.807, 2.05) is 4.57 Å². The molecule has 0 saturated heterocycles. The van der Waals surface area contributed by atoms with Crippen LogP contribution in [0.25, 0.3) is 11.4 Å². The Morgan fingerprint density at radius 2 is 1.97 bits per heavy atom. The van der Waals surface area contributed by atoms with E-state index in [1.54, 1.807) is 36.4 Å². The fourth-order valence-electron chi connectivity index (χ4n) is 4.16. The van der Waals surface area contributed by atoms with Gasteiger partial charge >= 0.3 is 0 Å². The van der Waals surface area contributed by atoms with Crippen LogP contribution in [0.15, 0.2) is 47.6 Å². The minimum atomic E-state index is -3.35. The summed E-state index contributed by atoms with van der Waals surface area (Å²) in [6.45, 7) is 0.455. The van der Waals surface area contributed by atoms with Gasteiger partial charge in [0.25, 0.3) is 0 Å². The van der Waals surface area contributed by atoms with Crippen LogP contribution in [0.2, 0.25) is 0 Å². The van der Waals surface area contributed by atoms with E-state index < -0.39 is 10.0 Å². The number of ketones is 1. The van der Waals surface area contributed by atoms with Crippen molar-refractivity contribution in [3.63, 3.8) is 0 Å². The molecule has 2 aromatic carbocycles. The standard InChI is InChI=1S/C23H23FN4O3S2/c1-33(30,31)27-12-4-5-15-13-16(8-11-20(15)27)21(29)14-32-23-26-25-22(28(23)17-9-10-17)18-6-2-3-7-19(18)24/h2-3,6-8,11,13,17H,4-5,9-10,12,14H2,1H3. The quantitative estimate of drug-likeness (QED) is 0.369. The minimum Gasteiger partial charge on any atom is -0.299 e. The molecule has 0 unspecified atom stereocenters. The van der Waals surface area contributed by atoms with E-state index in [-0.39, 0.29) is 23.4 Å². The number of aromatic nitrogens is 3. The molecule has 0 atom stereocenters. The number of aryl methyl sites for hydroxylation is 1. The number of fused-ring (bicyclic) bond motifs is 1. The molecule has 3 aromatic rings. The van der Waals surface area contributed by atoms with E-state index in [0.29, 0.717) is 34.3 Å². The number of carbonyl (C=O) groups excluding carboxylic acids is 1. The van der Waals surface area contributed by atoms with E-state index in [1.165, 1.54) is 28.4 Å². The van der Waals surface area contributed by atoms with Crippen molar-refractivity contribution in [2.75, 3.05) is 22.9 Å². The smallest absolute Gasteiger partial charge is 0.232 e. The third-order valence-electron chi connectivity index (χ3n) is 5.90. The van der Waals surface area contributed by atoms with Gasteiger partial charge in [-0.05, 0) is 61.6 Å². The summed E-state index contributed by atoms with van der Waals surface area (Å²) in [5.74, 6) is 0.227. The number of nitrogens with zero attached hydrogens (tertiary/aromatic N) is 4. The van der Waals surface area contributed by atoms with Crippen molar-refractivity contribution in [1.29, 1.82) is 0 Å². The molecule has 2 heterocycles. The van der Waals surface area contributed by atoms with Crippen LogP contribution in [-0.2, 0) is 16.4 Å². The molecule has 0 spiro atoms. The number of benzene rings is 2. The normalized spacial score (nSPS) is 16.0. The molecule has 7 nitrogen and oxygen atoms in total. The van der Waals surface area contributed by atoms with Crippen molar-refractivity contribution < 1.29 is 17.6 Å². The Kier molecular flexibility index (Phi) is 5.74. The molecular weight excluding hydrogens is 463 g/mol. The Labute approximate surface area is 196 Å². The molecule has 0 N–H and O–H groups in total. The fourth-order valence-corrected chi connectivity index (χ4v) is 6.05. The second-order valence-corrected chi connectivity index (χ2v) is 11.2. The number of halogens is 1. The SMILES string of the molecule is CS(=O)(=O)N1CCCc2cc(C(=O)CSc3nnc(-c4ccccc4F)n3C3CC3)ccc21. The average molecular weight is 487 g/mol. The van der Waals surface area contributed by atoms with E-state index >= 15 is 0 Å². The minimum absolute atomic E-state index is 0.0722. The van der Waals surface area contributed by atoms with Gasteiger partial charge in [-0.2, -0.15) is 0 Å². The molecule has 0 radical (unpaired) electrons. The summed E-state index contributed by atoms with van der Waals surface area (Å²) in [7, 11) is -3.35. The molecule has 0 amide bonds. The van der Waals surface area contributed by atoms with Crippen LogP contribution < -0.4 is 4.31 Å². The van der Waals surface area contributed by atoms with Crippen LogP contribution in [0, 0.1) is 5.82 Å². The van der Waals surface area contributed by atoms with Crippen LogP contribution in [0.5, 0.6) is 0 Å². The molecule has 1 aliphatic heterocycles. The van der Waals surface area contributed by atoms with E-state index in [9.17, 15) is 17.6 Å². The third-order valence-corrected chi connectivity index (χ3v) is 8.02. The number of hydrogen-bond donors (Lipinski definition) is 0. The number of hydrogen-bond acceptors (Lipinski definition) is 6. The molecule has 1 fully saturated rings. The van der Waals surface area contributed by atoms with E-state index in [2.05, 4.69) is 10.2 Å². The molecular formula is C23H23FN4O3S2. The first kappa shape index (κ1) is 22.1. The van der Waals surface area contributed by atoms with Gasteiger partial charge in [0.1, 0.15) is 5.82 Å². The molecule has 1 saturated carbocycles. The van der Waals surface area contributed by atoms with Crippen LogP contribution in [0.4, 0.5) is 10.1 Å². The number of anilines is 1. The van der Waals surface area contributed by atoms with Gasteiger partial charge in [-0.25, -0.2) is 12.8 Å². The molecule has 5 rings (SSSR count). The van der Waals surface area contributed by atoms with Crippen molar-refractivity contribution >= 4 is 33.3 Å². The highest BCUT2D eigenvalue weighted by Gasteiger charge is 2.31. The lowest BCUT2D eigenvalue weighted by Gasteiger charge is -2.29. The molecule has 1 aliphatic carbocycles. The Hall–Kier alpha value is -2.72. The molecule has 33 heavy (non-hydrogen) atoms. The van der Waals surface area contributed by atoms with Crippen molar-refractivity contribution in [2.24, 2.45) is 0 Å². The number of thioether (sulfide) groups is 1. The maximum absolute atomic E-state index is 14.3. The second kappa shape index (κ2) is 8.57.